The summed E-state index contributed by atoms with van der Waals surface area (Å²) in [5, 5.41) is 4.95. The van der Waals surface area contributed by atoms with Gasteiger partial charge in [-0.05, 0) is 0 Å². The maximum absolute atomic E-state index is 4.95. The number of hydrogen-bond donors (Lipinski definition) is 1. The molecule has 2 N–H and O–H groups in total. The second kappa shape index (κ2) is 3.28. The van der Waals surface area contributed by atoms with Gasteiger partial charge in [-0.15, -0.1) is 0 Å². The molecule has 0 saturated carbocycles. The van der Waals surface area contributed by atoms with Gasteiger partial charge >= 0.3 is 51.7 Å². The van der Waals surface area contributed by atoms with Gasteiger partial charge in [0.05, 0.1) is 0 Å². The van der Waals surface area contributed by atoms with Crippen LogP contribution in [0.15, 0.2) is 0 Å². The molecule has 0 aliphatic rings. The molecule has 0 heterocycles. The molecule has 29 valence electrons. The first-order valence-electron chi connectivity index (χ1n) is 0.848. The second-order valence-electron chi connectivity index (χ2n) is 0.368. The molecule has 1 nitrogen and oxygen atoms in total. The van der Waals surface area contributed by atoms with Crippen LogP contribution in [0.25, 0.3) is 0 Å². The van der Waals surface area contributed by atoms with Crippen molar-refractivity contribution in [2.45, 2.75) is 0 Å². The monoisotopic (exact) mass is 190 g/mol. The minimum absolute atomic E-state index is 0.792. The maximum atomic E-state index is 4.95. The predicted octanol–water partition coefficient (Wildman–Crippen LogP) is 0.425. The molecule has 0 radical (unpaired) electrons. The van der Waals surface area contributed by atoms with Gasteiger partial charge in [-0.2, -0.15) is 0 Å². The average Bonchev–Trinajstić information content (AvgIpc) is 1.38. The Morgan fingerprint density at radius 1 is 2.00 bits per heavy atom. The van der Waals surface area contributed by atoms with Crippen LogP contribution in [0.4, 0.5) is 0 Å². The van der Waals surface area contributed by atoms with Crippen LogP contribution in [0.5, 0.6) is 0 Å². The predicted molar refractivity (Wildman–Crippen MR) is 24.4 cm³/mol. The Balaban J connectivity index is 2.85. The summed E-state index contributed by atoms with van der Waals surface area (Å²) in [6.45, 7) is 0. The Labute approximate surface area is 51.7 Å². The first-order chi connectivity index (χ1) is 2.27. The molecular weight excluding hydrogens is 186 g/mol. The van der Waals surface area contributed by atoms with Gasteiger partial charge in [0, 0.05) is 0 Å². The molecule has 0 bridgehead atoms. The summed E-state index contributed by atoms with van der Waals surface area (Å²) in [5.41, 5.74) is 0. The van der Waals surface area contributed by atoms with Gasteiger partial charge in [0.2, 0.25) is 0 Å². The zero-order valence-electron chi connectivity index (χ0n) is 2.30. The van der Waals surface area contributed by atoms with Crippen LogP contribution in [-0.4, -0.2) is 2.59 Å². The Bertz CT molecular complexity index is 44.9. The molecule has 0 fully saturated rings. The topological polar surface area (TPSA) is 26.0 Å². The van der Waals surface area contributed by atoms with Crippen molar-refractivity contribution in [1.82, 2.24) is 0 Å². The van der Waals surface area contributed by atoms with Crippen molar-refractivity contribution in [1.29, 1.82) is 0 Å². The summed E-state index contributed by atoms with van der Waals surface area (Å²) in [7, 11) is 0. The molecule has 0 aliphatic heterocycles. The van der Waals surface area contributed by atoms with Crippen molar-refractivity contribution in [3.63, 3.8) is 0 Å². The third-order valence-electron chi connectivity index (χ3n) is 0.0962. The molecule has 0 rings (SSSR count). The summed E-state index contributed by atoms with van der Waals surface area (Å²) in [6, 6.07) is 0. The van der Waals surface area contributed by atoms with Gasteiger partial charge in [-0.3, -0.25) is 0 Å². The molecule has 0 amide bonds. The van der Waals surface area contributed by atoms with Crippen molar-refractivity contribution in [2.24, 2.45) is 5.14 Å². The van der Waals surface area contributed by atoms with Gasteiger partial charge in [-0.1, -0.05) is 0 Å². The third kappa shape index (κ3) is 5.09. The first kappa shape index (κ1) is 6.09. The van der Waals surface area contributed by atoms with Crippen molar-refractivity contribution in [3.05, 3.63) is 0 Å². The summed E-state index contributed by atoms with van der Waals surface area (Å²) in [4.78, 5) is 0. The molecule has 0 aromatic carbocycles. The first-order valence-corrected chi connectivity index (χ1v) is 3.14. The van der Waals surface area contributed by atoms with Crippen LogP contribution >= 0.6 is 24.2 Å². The summed E-state index contributed by atoms with van der Waals surface area (Å²) >= 11 is 7.38. The quantitative estimate of drug-likeness (QED) is 0.339. The number of nitrogens with two attached hydrogens (primary N) is 1. The summed E-state index contributed by atoms with van der Waals surface area (Å²) in [6.07, 6.45) is 0. The summed E-state index contributed by atoms with van der Waals surface area (Å²) in [5.74, 6) is 0. The summed E-state index contributed by atoms with van der Waals surface area (Å²) < 4.78 is 0.792. The fourth-order valence-electron chi connectivity index (χ4n) is 0. The van der Waals surface area contributed by atoms with Crippen LogP contribution < -0.4 is 5.14 Å². The van der Waals surface area contributed by atoms with Crippen LogP contribution in [0.2, 0.25) is 0 Å². The van der Waals surface area contributed by atoms with Crippen molar-refractivity contribution in [3.8, 4) is 0 Å². The van der Waals surface area contributed by atoms with Crippen molar-refractivity contribution in [2.75, 3.05) is 0 Å². The molecule has 0 unspecified atom stereocenters. The van der Waals surface area contributed by atoms with E-state index in [0.29, 0.717) is 0 Å². The Hall–Kier alpha value is 1.09. The molecule has 0 spiro atoms. The fourth-order valence-corrected chi connectivity index (χ4v) is 0. The van der Waals surface area contributed by atoms with Crippen molar-refractivity contribution < 1.29 is 19.8 Å². The molecule has 0 saturated heterocycles. The Morgan fingerprint density at radius 2 is 2.20 bits per heavy atom. The normalized spacial score (nSPS) is 7.40. The SMILES string of the molecule is NS[C](=S)[Mo]. The standard InChI is InChI=1S/CH2NS2.Mo/c2-4-1-3;/h2H2;. The zero-order chi connectivity index (χ0) is 4.28. The second-order valence-corrected chi connectivity index (χ2v) is 4.06. The molecule has 0 aliphatic carbocycles. The van der Waals surface area contributed by atoms with Gasteiger partial charge in [0.25, 0.3) is 0 Å². The van der Waals surface area contributed by atoms with Gasteiger partial charge in [0.15, 0.2) is 0 Å². The number of thiocarbonyl (C=S) groups is 1. The van der Waals surface area contributed by atoms with E-state index in [1.54, 1.807) is 19.8 Å². The van der Waals surface area contributed by atoms with Crippen LogP contribution in [0, 0.1) is 0 Å². The fraction of sp³-hybridized carbons (Fsp3) is 0. The molecule has 5 heavy (non-hydrogen) atoms. The van der Waals surface area contributed by atoms with E-state index in [4.69, 9.17) is 5.14 Å². The van der Waals surface area contributed by atoms with E-state index in [2.05, 4.69) is 12.2 Å². The number of hydrogen-bond acceptors (Lipinski definition) is 3. The van der Waals surface area contributed by atoms with Crippen LogP contribution in [0.1, 0.15) is 0 Å². The van der Waals surface area contributed by atoms with E-state index >= 15 is 0 Å². The minimum atomic E-state index is 0.792. The van der Waals surface area contributed by atoms with Crippen LogP contribution in [0.3, 0.4) is 0 Å². The molecule has 0 aromatic rings. The molecule has 0 atom stereocenters. The Morgan fingerprint density at radius 3 is 2.20 bits per heavy atom. The Kier molecular flexibility index (Phi) is 4.00. The third-order valence-corrected chi connectivity index (χ3v) is 1.29. The number of rotatable bonds is 0. The zero-order valence-corrected chi connectivity index (χ0v) is 5.94. The van der Waals surface area contributed by atoms with E-state index in [9.17, 15) is 0 Å². The molecular formula is CH2MoNS2. The molecule has 0 aromatic heterocycles. The van der Waals surface area contributed by atoms with E-state index in [1.165, 1.54) is 0 Å². The van der Waals surface area contributed by atoms with Crippen molar-refractivity contribution >= 4 is 26.8 Å². The van der Waals surface area contributed by atoms with Gasteiger partial charge in [0.1, 0.15) is 0 Å². The van der Waals surface area contributed by atoms with E-state index in [-0.39, 0.29) is 0 Å². The molecule has 4 heteroatoms. The van der Waals surface area contributed by atoms with E-state index < -0.39 is 0 Å². The average molecular weight is 188 g/mol. The van der Waals surface area contributed by atoms with Gasteiger partial charge in [-0.25, -0.2) is 0 Å². The van der Waals surface area contributed by atoms with E-state index in [0.717, 1.165) is 14.5 Å². The van der Waals surface area contributed by atoms with Gasteiger partial charge < -0.3 is 0 Å². The van der Waals surface area contributed by atoms with E-state index in [1.807, 2.05) is 0 Å². The van der Waals surface area contributed by atoms with Crippen LogP contribution in [-0.2, 0) is 19.8 Å².